The van der Waals surface area contributed by atoms with E-state index in [0.717, 1.165) is 6.07 Å². The van der Waals surface area contributed by atoms with E-state index in [-0.39, 0.29) is 17.2 Å². The zero-order valence-electron chi connectivity index (χ0n) is 13.9. The van der Waals surface area contributed by atoms with Crippen LogP contribution in [0.2, 0.25) is 0 Å². The van der Waals surface area contributed by atoms with Gasteiger partial charge in [0.05, 0.1) is 11.3 Å². The van der Waals surface area contributed by atoms with Gasteiger partial charge in [0.15, 0.2) is 5.65 Å². The van der Waals surface area contributed by atoms with E-state index in [1.54, 1.807) is 24.5 Å². The third-order valence-electron chi connectivity index (χ3n) is 3.92. The molecule has 0 aliphatic heterocycles. The molecule has 0 fully saturated rings. The van der Waals surface area contributed by atoms with Gasteiger partial charge in [-0.05, 0) is 36.8 Å². The number of hydrogen-bond donors (Lipinski definition) is 1. The fourth-order valence-electron chi connectivity index (χ4n) is 2.84. The van der Waals surface area contributed by atoms with Gasteiger partial charge in [-0.25, -0.2) is 15.0 Å². The van der Waals surface area contributed by atoms with Crippen LogP contribution in [0.3, 0.4) is 0 Å². The van der Waals surface area contributed by atoms with Gasteiger partial charge in [0.25, 0.3) is 0 Å². The maximum absolute atomic E-state index is 13.3. The number of rotatable bonds is 2. The highest BCUT2D eigenvalue weighted by molar-refractivity contribution is 5.90. The van der Waals surface area contributed by atoms with E-state index >= 15 is 0 Å². The third kappa shape index (κ3) is 2.94. The van der Waals surface area contributed by atoms with Crippen LogP contribution in [0.4, 0.5) is 19.1 Å². The minimum atomic E-state index is -4.58. The van der Waals surface area contributed by atoms with E-state index in [0.29, 0.717) is 22.5 Å². The summed E-state index contributed by atoms with van der Waals surface area (Å²) in [6, 6.07) is 5.94. The Morgan fingerprint density at radius 2 is 1.93 bits per heavy atom. The summed E-state index contributed by atoms with van der Waals surface area (Å²) >= 11 is 0. The lowest BCUT2D eigenvalue weighted by Gasteiger charge is -2.14. The Morgan fingerprint density at radius 1 is 1.11 bits per heavy atom. The Bertz CT molecular complexity index is 1140. The van der Waals surface area contributed by atoms with Crippen molar-refractivity contribution in [3.05, 3.63) is 54.4 Å². The SMILES string of the molecule is Cc1cc(-c2c(-c3cccnc3)nc(N)n3ncnc23)cc(C(F)(F)F)n1. The van der Waals surface area contributed by atoms with Gasteiger partial charge in [0, 0.05) is 23.7 Å². The highest BCUT2D eigenvalue weighted by Gasteiger charge is 2.33. The molecule has 4 aromatic rings. The van der Waals surface area contributed by atoms with Crippen molar-refractivity contribution in [3.8, 4) is 22.4 Å². The molecular formula is C17H12F3N7. The van der Waals surface area contributed by atoms with Crippen molar-refractivity contribution in [3.63, 3.8) is 0 Å². The van der Waals surface area contributed by atoms with Crippen LogP contribution in [-0.2, 0) is 6.18 Å². The second-order valence-electron chi connectivity index (χ2n) is 5.81. The maximum atomic E-state index is 13.3. The van der Waals surface area contributed by atoms with Crippen LogP contribution in [0.5, 0.6) is 0 Å². The molecule has 4 rings (SSSR count). The van der Waals surface area contributed by atoms with Crippen LogP contribution in [0.25, 0.3) is 28.0 Å². The predicted octanol–water partition coefficient (Wildman–Crippen LogP) is 3.16. The normalized spacial score (nSPS) is 11.9. The smallest absolute Gasteiger partial charge is 0.368 e. The van der Waals surface area contributed by atoms with E-state index in [9.17, 15) is 13.2 Å². The van der Waals surface area contributed by atoms with Gasteiger partial charge in [0.2, 0.25) is 5.95 Å². The van der Waals surface area contributed by atoms with Crippen LogP contribution in [0, 0.1) is 6.92 Å². The number of halogens is 3. The van der Waals surface area contributed by atoms with Gasteiger partial charge in [-0.3, -0.25) is 4.98 Å². The Hall–Kier alpha value is -3.56. The van der Waals surface area contributed by atoms with E-state index in [2.05, 4.69) is 25.0 Å². The minimum absolute atomic E-state index is 0.0620. The number of anilines is 1. The van der Waals surface area contributed by atoms with Gasteiger partial charge < -0.3 is 5.73 Å². The van der Waals surface area contributed by atoms with Crippen molar-refractivity contribution in [1.82, 2.24) is 29.5 Å². The first-order valence-electron chi connectivity index (χ1n) is 7.80. The number of nitrogen functional groups attached to an aromatic ring is 1. The summed E-state index contributed by atoms with van der Waals surface area (Å²) in [4.78, 5) is 16.2. The van der Waals surface area contributed by atoms with Crippen LogP contribution < -0.4 is 5.73 Å². The topological polar surface area (TPSA) is 94.9 Å². The molecule has 2 N–H and O–H groups in total. The zero-order chi connectivity index (χ0) is 19.2. The summed E-state index contributed by atoms with van der Waals surface area (Å²) in [5.74, 6) is 0.0620. The monoisotopic (exact) mass is 371 g/mol. The van der Waals surface area contributed by atoms with Crippen LogP contribution >= 0.6 is 0 Å². The molecule has 0 saturated heterocycles. The standard InChI is InChI=1S/C17H12F3N7/c1-9-5-11(6-12(25-9)17(18,19)20)13-14(10-3-2-4-22-7-10)26-16(21)27-15(13)23-8-24-27/h2-8H,1H3,(H2,21,26). The lowest BCUT2D eigenvalue weighted by molar-refractivity contribution is -0.141. The Labute approximate surface area is 150 Å². The lowest BCUT2D eigenvalue weighted by Crippen LogP contribution is -2.10. The number of alkyl halides is 3. The number of aromatic nitrogens is 6. The molecule has 0 unspecified atom stereocenters. The van der Waals surface area contributed by atoms with Gasteiger partial charge in [0.1, 0.15) is 12.0 Å². The lowest BCUT2D eigenvalue weighted by atomic mass is 10.00. The van der Waals surface area contributed by atoms with Crippen LogP contribution in [0.15, 0.2) is 43.0 Å². The minimum Gasteiger partial charge on any atom is -0.368 e. The fraction of sp³-hybridized carbons (Fsp3) is 0.118. The van der Waals surface area contributed by atoms with Crippen molar-refractivity contribution in [1.29, 1.82) is 0 Å². The third-order valence-corrected chi connectivity index (χ3v) is 3.92. The van der Waals surface area contributed by atoms with Crippen LogP contribution in [0.1, 0.15) is 11.4 Å². The van der Waals surface area contributed by atoms with E-state index in [1.165, 1.54) is 23.8 Å². The molecule has 0 atom stereocenters. The number of hydrogen-bond acceptors (Lipinski definition) is 6. The maximum Gasteiger partial charge on any atom is 0.433 e. The average Bonchev–Trinajstić information content (AvgIpc) is 3.11. The van der Waals surface area contributed by atoms with Crippen molar-refractivity contribution in [2.75, 3.05) is 5.73 Å². The predicted molar refractivity (Wildman–Crippen MR) is 91.4 cm³/mol. The highest BCUT2D eigenvalue weighted by Crippen LogP contribution is 2.37. The molecule has 0 spiro atoms. The van der Waals surface area contributed by atoms with Crippen molar-refractivity contribution in [2.24, 2.45) is 0 Å². The van der Waals surface area contributed by atoms with E-state index in [1.807, 2.05) is 0 Å². The molecule has 0 amide bonds. The largest absolute Gasteiger partial charge is 0.433 e. The molecule has 10 heteroatoms. The first-order chi connectivity index (χ1) is 12.8. The van der Waals surface area contributed by atoms with Crippen LogP contribution in [-0.4, -0.2) is 29.5 Å². The summed E-state index contributed by atoms with van der Waals surface area (Å²) < 4.78 is 41.1. The summed E-state index contributed by atoms with van der Waals surface area (Å²) in [5, 5.41) is 4.00. The van der Waals surface area contributed by atoms with Gasteiger partial charge >= 0.3 is 6.18 Å². The van der Waals surface area contributed by atoms with E-state index < -0.39 is 11.9 Å². The zero-order valence-corrected chi connectivity index (χ0v) is 13.9. The number of aryl methyl sites for hydroxylation is 1. The average molecular weight is 371 g/mol. The number of nitrogens with zero attached hydrogens (tertiary/aromatic N) is 6. The number of fused-ring (bicyclic) bond motifs is 1. The molecule has 0 saturated carbocycles. The highest BCUT2D eigenvalue weighted by atomic mass is 19.4. The number of pyridine rings is 2. The molecule has 0 aliphatic carbocycles. The first kappa shape index (κ1) is 16.9. The number of nitrogens with two attached hydrogens (primary N) is 1. The molecule has 4 heterocycles. The molecular weight excluding hydrogens is 359 g/mol. The summed E-state index contributed by atoms with van der Waals surface area (Å²) in [6.07, 6.45) is -0.180. The van der Waals surface area contributed by atoms with Crippen molar-refractivity contribution < 1.29 is 13.2 Å². The van der Waals surface area contributed by atoms with Crippen molar-refractivity contribution in [2.45, 2.75) is 13.1 Å². The van der Waals surface area contributed by atoms with Gasteiger partial charge in [-0.15, -0.1) is 0 Å². The second-order valence-corrected chi connectivity index (χ2v) is 5.81. The Morgan fingerprint density at radius 3 is 2.63 bits per heavy atom. The van der Waals surface area contributed by atoms with Gasteiger partial charge in [-0.1, -0.05) is 0 Å². The Kier molecular flexibility index (Phi) is 3.76. The summed E-state index contributed by atoms with van der Waals surface area (Å²) in [6.45, 7) is 1.49. The quantitative estimate of drug-likeness (QED) is 0.582. The summed E-state index contributed by atoms with van der Waals surface area (Å²) in [7, 11) is 0. The second kappa shape index (κ2) is 6.01. The summed E-state index contributed by atoms with van der Waals surface area (Å²) in [5.41, 5.74) is 7.04. The van der Waals surface area contributed by atoms with Gasteiger partial charge in [-0.2, -0.15) is 22.8 Å². The molecule has 27 heavy (non-hydrogen) atoms. The molecule has 0 bridgehead atoms. The molecule has 0 radical (unpaired) electrons. The molecule has 136 valence electrons. The molecule has 7 nitrogen and oxygen atoms in total. The molecule has 4 aromatic heterocycles. The first-order valence-corrected chi connectivity index (χ1v) is 7.80. The fourth-order valence-corrected chi connectivity index (χ4v) is 2.84. The Balaban J connectivity index is 2.09. The molecule has 0 aliphatic rings. The molecule has 0 aromatic carbocycles. The van der Waals surface area contributed by atoms with Crippen molar-refractivity contribution >= 4 is 11.6 Å². The van der Waals surface area contributed by atoms with E-state index in [4.69, 9.17) is 5.73 Å².